The number of nitrogen functional groups attached to an aromatic ring is 1. The highest BCUT2D eigenvalue weighted by Crippen LogP contribution is 2.24. The minimum Gasteiger partial charge on any atom is -0.399 e. The Morgan fingerprint density at radius 3 is 3.05 bits per heavy atom. The lowest BCUT2D eigenvalue weighted by Crippen LogP contribution is -2.39. The van der Waals surface area contributed by atoms with Crippen molar-refractivity contribution in [3.8, 4) is 0 Å². The van der Waals surface area contributed by atoms with Crippen LogP contribution in [0.4, 0.5) is 11.4 Å². The molecule has 0 aliphatic carbocycles. The van der Waals surface area contributed by atoms with Gasteiger partial charge in [0.25, 0.3) is 0 Å². The van der Waals surface area contributed by atoms with Gasteiger partial charge < -0.3 is 11.1 Å². The number of piperidine rings is 1. The summed E-state index contributed by atoms with van der Waals surface area (Å²) in [4.78, 5) is 14.2. The van der Waals surface area contributed by atoms with Crippen molar-refractivity contribution in [2.24, 2.45) is 5.92 Å². The fourth-order valence-electron chi connectivity index (χ4n) is 2.46. The van der Waals surface area contributed by atoms with E-state index in [9.17, 15) is 4.79 Å². The summed E-state index contributed by atoms with van der Waals surface area (Å²) in [6, 6.07) is 5.10. The monoisotopic (exact) mass is 281 g/mol. The standard InChI is InChI=1S/C14H20ClN3O/c1-10-3-2-6-18(8-10)9-14(19)17-13-5-4-11(16)7-12(13)15/h4-5,7,10H,2-3,6,8-9,16H2,1H3,(H,17,19). The van der Waals surface area contributed by atoms with Crippen LogP contribution in [-0.4, -0.2) is 30.4 Å². The molecule has 1 amide bonds. The van der Waals surface area contributed by atoms with Crippen LogP contribution in [0.25, 0.3) is 0 Å². The molecular weight excluding hydrogens is 262 g/mol. The Balaban J connectivity index is 1.90. The van der Waals surface area contributed by atoms with Gasteiger partial charge in [-0.15, -0.1) is 0 Å². The second kappa shape index (κ2) is 6.26. The number of amides is 1. The third-order valence-corrected chi connectivity index (χ3v) is 3.69. The highest BCUT2D eigenvalue weighted by molar-refractivity contribution is 6.34. The number of rotatable bonds is 3. The van der Waals surface area contributed by atoms with Crippen molar-refractivity contribution in [1.82, 2.24) is 4.90 Å². The molecule has 5 heteroatoms. The molecule has 0 spiro atoms. The summed E-state index contributed by atoms with van der Waals surface area (Å²) < 4.78 is 0. The van der Waals surface area contributed by atoms with Crippen molar-refractivity contribution in [2.75, 3.05) is 30.7 Å². The van der Waals surface area contributed by atoms with Crippen molar-refractivity contribution >= 4 is 28.9 Å². The molecule has 1 aromatic carbocycles. The number of nitrogens with one attached hydrogen (secondary N) is 1. The maximum absolute atomic E-state index is 12.0. The van der Waals surface area contributed by atoms with E-state index in [4.69, 9.17) is 17.3 Å². The van der Waals surface area contributed by atoms with E-state index in [1.165, 1.54) is 6.42 Å². The van der Waals surface area contributed by atoms with Gasteiger partial charge in [0, 0.05) is 12.2 Å². The minimum atomic E-state index is -0.0271. The molecule has 1 aliphatic heterocycles. The zero-order valence-electron chi connectivity index (χ0n) is 11.2. The molecule has 0 radical (unpaired) electrons. The van der Waals surface area contributed by atoms with Gasteiger partial charge >= 0.3 is 0 Å². The molecule has 1 fully saturated rings. The first kappa shape index (κ1) is 14.2. The first-order chi connectivity index (χ1) is 9.04. The maximum atomic E-state index is 12.0. The number of likely N-dealkylation sites (tertiary alicyclic amines) is 1. The van der Waals surface area contributed by atoms with Crippen LogP contribution in [-0.2, 0) is 4.79 Å². The summed E-state index contributed by atoms with van der Waals surface area (Å²) in [5, 5.41) is 3.30. The fourth-order valence-corrected chi connectivity index (χ4v) is 2.69. The number of anilines is 2. The second-order valence-corrected chi connectivity index (χ2v) is 5.68. The van der Waals surface area contributed by atoms with Crippen LogP contribution in [0, 0.1) is 5.92 Å². The third-order valence-electron chi connectivity index (χ3n) is 3.38. The molecule has 104 valence electrons. The molecule has 4 nitrogen and oxygen atoms in total. The normalized spacial score (nSPS) is 20.2. The van der Waals surface area contributed by atoms with Crippen LogP contribution >= 0.6 is 11.6 Å². The average Bonchev–Trinajstić information content (AvgIpc) is 2.33. The summed E-state index contributed by atoms with van der Waals surface area (Å²) in [6.45, 7) is 4.63. The van der Waals surface area contributed by atoms with Gasteiger partial charge in [-0.25, -0.2) is 0 Å². The van der Waals surface area contributed by atoms with Crippen molar-refractivity contribution in [3.63, 3.8) is 0 Å². The van der Waals surface area contributed by atoms with Crippen molar-refractivity contribution in [1.29, 1.82) is 0 Å². The lowest BCUT2D eigenvalue weighted by Gasteiger charge is -2.30. The van der Waals surface area contributed by atoms with E-state index < -0.39 is 0 Å². The number of halogens is 1. The van der Waals surface area contributed by atoms with Crippen LogP contribution in [0.5, 0.6) is 0 Å². The van der Waals surface area contributed by atoms with Gasteiger partial charge in [0.05, 0.1) is 17.3 Å². The molecule has 1 saturated heterocycles. The van der Waals surface area contributed by atoms with Gasteiger partial charge in [-0.05, 0) is 43.5 Å². The SMILES string of the molecule is CC1CCCN(CC(=O)Nc2ccc(N)cc2Cl)C1. The molecule has 2 rings (SSSR count). The first-order valence-electron chi connectivity index (χ1n) is 6.62. The van der Waals surface area contributed by atoms with Crippen LogP contribution in [0.2, 0.25) is 5.02 Å². The van der Waals surface area contributed by atoms with Crippen LogP contribution in [0.3, 0.4) is 0 Å². The van der Waals surface area contributed by atoms with E-state index in [1.807, 2.05) is 0 Å². The average molecular weight is 282 g/mol. The smallest absolute Gasteiger partial charge is 0.238 e. The summed E-state index contributed by atoms with van der Waals surface area (Å²) in [5.74, 6) is 0.641. The van der Waals surface area contributed by atoms with Crippen LogP contribution in [0.1, 0.15) is 19.8 Å². The molecule has 1 aliphatic rings. The summed E-state index contributed by atoms with van der Waals surface area (Å²) >= 11 is 6.03. The quantitative estimate of drug-likeness (QED) is 0.837. The van der Waals surface area contributed by atoms with E-state index in [0.717, 1.165) is 19.5 Å². The second-order valence-electron chi connectivity index (χ2n) is 5.27. The Bertz CT molecular complexity index is 464. The van der Waals surface area contributed by atoms with Crippen molar-refractivity contribution < 1.29 is 4.79 Å². The Morgan fingerprint density at radius 2 is 2.37 bits per heavy atom. The number of hydrogen-bond donors (Lipinski definition) is 2. The molecule has 1 unspecified atom stereocenters. The molecule has 0 saturated carbocycles. The van der Waals surface area contributed by atoms with E-state index in [0.29, 0.717) is 28.9 Å². The van der Waals surface area contributed by atoms with Gasteiger partial charge in [-0.2, -0.15) is 0 Å². The molecule has 3 N–H and O–H groups in total. The largest absolute Gasteiger partial charge is 0.399 e. The number of carbonyl (C=O) groups excluding carboxylic acids is 1. The lowest BCUT2D eigenvalue weighted by atomic mass is 10.0. The van der Waals surface area contributed by atoms with E-state index in [-0.39, 0.29) is 5.91 Å². The molecule has 0 bridgehead atoms. The minimum absolute atomic E-state index is 0.0271. The predicted octanol–water partition coefficient (Wildman–Crippen LogP) is 2.59. The molecule has 1 aromatic rings. The molecule has 1 heterocycles. The fraction of sp³-hybridized carbons (Fsp3) is 0.500. The van der Waals surface area contributed by atoms with Gasteiger partial charge in [0.2, 0.25) is 5.91 Å². The third kappa shape index (κ3) is 4.11. The number of benzene rings is 1. The molecular formula is C14H20ClN3O. The van der Waals surface area contributed by atoms with Crippen molar-refractivity contribution in [3.05, 3.63) is 23.2 Å². The number of carbonyl (C=O) groups is 1. The maximum Gasteiger partial charge on any atom is 0.238 e. The molecule has 1 atom stereocenters. The Kier molecular flexibility index (Phi) is 4.66. The zero-order valence-corrected chi connectivity index (χ0v) is 11.9. The van der Waals surface area contributed by atoms with E-state index in [1.54, 1.807) is 18.2 Å². The highest BCUT2D eigenvalue weighted by atomic mass is 35.5. The van der Waals surface area contributed by atoms with Gasteiger partial charge in [-0.1, -0.05) is 18.5 Å². The topological polar surface area (TPSA) is 58.4 Å². The van der Waals surface area contributed by atoms with Crippen LogP contribution in [0.15, 0.2) is 18.2 Å². The Hall–Kier alpha value is -1.26. The molecule has 19 heavy (non-hydrogen) atoms. The summed E-state index contributed by atoms with van der Waals surface area (Å²) in [6.07, 6.45) is 2.42. The Morgan fingerprint density at radius 1 is 1.58 bits per heavy atom. The highest BCUT2D eigenvalue weighted by Gasteiger charge is 2.18. The lowest BCUT2D eigenvalue weighted by molar-refractivity contribution is -0.117. The van der Waals surface area contributed by atoms with Gasteiger partial charge in [0.1, 0.15) is 0 Å². The number of nitrogens with two attached hydrogens (primary N) is 1. The number of nitrogens with zero attached hydrogens (tertiary/aromatic N) is 1. The first-order valence-corrected chi connectivity index (χ1v) is 6.99. The van der Waals surface area contributed by atoms with Gasteiger partial charge in [-0.3, -0.25) is 9.69 Å². The van der Waals surface area contributed by atoms with Gasteiger partial charge in [0.15, 0.2) is 0 Å². The summed E-state index contributed by atoms with van der Waals surface area (Å²) in [7, 11) is 0. The Labute approximate surface area is 118 Å². The summed E-state index contributed by atoms with van der Waals surface area (Å²) in [5.41, 5.74) is 6.82. The van der Waals surface area contributed by atoms with Crippen LogP contribution < -0.4 is 11.1 Å². The van der Waals surface area contributed by atoms with Crippen molar-refractivity contribution in [2.45, 2.75) is 19.8 Å². The number of hydrogen-bond acceptors (Lipinski definition) is 3. The van der Waals surface area contributed by atoms with E-state index in [2.05, 4.69) is 17.1 Å². The van der Waals surface area contributed by atoms with E-state index >= 15 is 0 Å². The zero-order chi connectivity index (χ0) is 13.8. The predicted molar refractivity (Wildman–Crippen MR) is 79.3 cm³/mol. The molecule has 0 aromatic heterocycles.